The lowest BCUT2D eigenvalue weighted by Gasteiger charge is -2.12. The predicted octanol–water partition coefficient (Wildman–Crippen LogP) is 2.52. The van der Waals surface area contributed by atoms with E-state index in [9.17, 15) is 18.0 Å². The third-order valence-electron chi connectivity index (χ3n) is 2.21. The Morgan fingerprint density at radius 1 is 1.38 bits per heavy atom. The number of anilines is 1. The smallest absolute Gasteiger partial charge is 0.405 e. The Labute approximate surface area is 127 Å². The van der Waals surface area contributed by atoms with E-state index >= 15 is 0 Å². The Morgan fingerprint density at radius 2 is 2.10 bits per heavy atom. The summed E-state index contributed by atoms with van der Waals surface area (Å²) in [5.41, 5.74) is 0.356. The molecule has 0 bridgehead atoms. The molecule has 2 N–H and O–H groups in total. The number of carbonyl (C=O) groups is 1. The quantitative estimate of drug-likeness (QED) is 0.724. The van der Waals surface area contributed by atoms with E-state index in [1.807, 2.05) is 0 Å². The summed E-state index contributed by atoms with van der Waals surface area (Å²) in [5, 5.41) is 5.38. The fraction of sp³-hybridized carbons (Fsp3) is 0.417. The van der Waals surface area contributed by atoms with Gasteiger partial charge in [0.2, 0.25) is 5.91 Å². The molecule has 0 aromatic heterocycles. The molecule has 0 unspecified atom stereocenters. The molecule has 0 fully saturated rings. The van der Waals surface area contributed by atoms with Gasteiger partial charge in [-0.1, -0.05) is 0 Å². The molecule has 0 aliphatic carbocycles. The van der Waals surface area contributed by atoms with Gasteiger partial charge < -0.3 is 20.1 Å². The van der Waals surface area contributed by atoms with Gasteiger partial charge in [0.05, 0.1) is 17.6 Å². The number of nitrogens with one attached hydrogen (secondary N) is 2. The Balaban J connectivity index is 2.53. The molecule has 21 heavy (non-hydrogen) atoms. The molecule has 1 aromatic rings. The van der Waals surface area contributed by atoms with Crippen molar-refractivity contribution in [2.45, 2.75) is 6.36 Å². The number of rotatable bonds is 7. The standard InChI is InChI=1S/C12H14BrF3N2O3/c1-20-5-4-17-7-11(19)18-8-2-3-10(9(13)6-8)21-12(14,15)16/h2-3,6,17H,4-5,7H2,1H3,(H,18,19). The van der Waals surface area contributed by atoms with Crippen molar-refractivity contribution in [3.05, 3.63) is 22.7 Å². The van der Waals surface area contributed by atoms with Crippen molar-refractivity contribution in [2.75, 3.05) is 32.1 Å². The minimum Gasteiger partial charge on any atom is -0.405 e. The van der Waals surface area contributed by atoms with Crippen molar-refractivity contribution >= 4 is 27.5 Å². The van der Waals surface area contributed by atoms with E-state index in [4.69, 9.17) is 4.74 Å². The summed E-state index contributed by atoms with van der Waals surface area (Å²) < 4.78 is 45.0. The van der Waals surface area contributed by atoms with Crippen LogP contribution in [0.1, 0.15) is 0 Å². The molecule has 0 radical (unpaired) electrons. The molecule has 0 atom stereocenters. The van der Waals surface area contributed by atoms with E-state index in [1.54, 1.807) is 7.11 Å². The molecule has 0 saturated carbocycles. The van der Waals surface area contributed by atoms with Crippen LogP contribution in [0.2, 0.25) is 0 Å². The number of halogens is 4. The highest BCUT2D eigenvalue weighted by Crippen LogP contribution is 2.32. The molecule has 9 heteroatoms. The summed E-state index contributed by atoms with van der Waals surface area (Å²) in [6.45, 7) is 1.07. The lowest BCUT2D eigenvalue weighted by molar-refractivity contribution is -0.274. The molecule has 0 aliphatic heterocycles. The summed E-state index contributed by atoms with van der Waals surface area (Å²) in [4.78, 5) is 11.6. The average molecular weight is 371 g/mol. The number of ether oxygens (including phenoxy) is 2. The van der Waals surface area contributed by atoms with Gasteiger partial charge in [0.25, 0.3) is 0 Å². The SMILES string of the molecule is COCCNCC(=O)Nc1ccc(OC(F)(F)F)c(Br)c1. The first kappa shape index (κ1) is 17.7. The van der Waals surface area contributed by atoms with Crippen LogP contribution in [-0.4, -0.2) is 39.1 Å². The normalized spacial score (nSPS) is 11.3. The Bertz CT molecular complexity index is 483. The molecular weight excluding hydrogens is 357 g/mol. The molecule has 0 saturated heterocycles. The van der Waals surface area contributed by atoms with E-state index in [1.165, 1.54) is 12.1 Å². The molecule has 1 amide bonds. The Kier molecular flexibility index (Phi) is 6.93. The van der Waals surface area contributed by atoms with Gasteiger partial charge in [-0.05, 0) is 34.1 Å². The van der Waals surface area contributed by atoms with Crippen LogP contribution in [0.4, 0.5) is 18.9 Å². The molecule has 0 spiro atoms. The highest BCUT2D eigenvalue weighted by Gasteiger charge is 2.31. The maximum absolute atomic E-state index is 12.1. The summed E-state index contributed by atoms with van der Waals surface area (Å²) in [5.74, 6) is -0.693. The molecule has 1 rings (SSSR count). The van der Waals surface area contributed by atoms with Gasteiger partial charge in [-0.15, -0.1) is 13.2 Å². The largest absolute Gasteiger partial charge is 0.573 e. The first-order chi connectivity index (χ1) is 9.81. The number of hydrogen-bond acceptors (Lipinski definition) is 4. The lowest BCUT2D eigenvalue weighted by Crippen LogP contribution is -2.30. The zero-order valence-corrected chi connectivity index (χ0v) is 12.7. The number of alkyl halides is 3. The number of methoxy groups -OCH3 is 1. The maximum atomic E-state index is 12.1. The molecule has 0 aliphatic rings. The number of carbonyl (C=O) groups excluding carboxylic acids is 1. The Hall–Kier alpha value is -1.32. The van der Waals surface area contributed by atoms with Gasteiger partial charge >= 0.3 is 6.36 Å². The third-order valence-corrected chi connectivity index (χ3v) is 2.83. The van der Waals surface area contributed by atoms with Crippen LogP contribution in [0.3, 0.4) is 0 Å². The predicted molar refractivity (Wildman–Crippen MR) is 74.2 cm³/mol. The topological polar surface area (TPSA) is 59.6 Å². The summed E-state index contributed by atoms with van der Waals surface area (Å²) in [6, 6.07) is 3.76. The minimum atomic E-state index is -4.77. The van der Waals surface area contributed by atoms with Gasteiger partial charge in [0, 0.05) is 19.3 Å². The highest BCUT2D eigenvalue weighted by molar-refractivity contribution is 9.10. The van der Waals surface area contributed by atoms with E-state index in [2.05, 4.69) is 31.3 Å². The van der Waals surface area contributed by atoms with Crippen LogP contribution >= 0.6 is 15.9 Å². The second-order valence-corrected chi connectivity index (χ2v) is 4.77. The van der Waals surface area contributed by atoms with Crippen LogP contribution < -0.4 is 15.4 Å². The van der Waals surface area contributed by atoms with Crippen molar-refractivity contribution < 1.29 is 27.4 Å². The van der Waals surface area contributed by atoms with E-state index in [0.29, 0.717) is 18.8 Å². The van der Waals surface area contributed by atoms with E-state index in [0.717, 1.165) is 6.07 Å². The first-order valence-corrected chi connectivity index (χ1v) is 6.66. The van der Waals surface area contributed by atoms with Crippen molar-refractivity contribution in [2.24, 2.45) is 0 Å². The van der Waals surface area contributed by atoms with Crippen molar-refractivity contribution in [3.8, 4) is 5.75 Å². The molecule has 5 nitrogen and oxygen atoms in total. The summed E-state index contributed by atoms with van der Waals surface area (Å²) in [6.07, 6.45) is -4.77. The molecule has 1 aromatic carbocycles. The van der Waals surface area contributed by atoms with Crippen LogP contribution in [0.5, 0.6) is 5.75 Å². The van der Waals surface area contributed by atoms with Gasteiger partial charge in [0.1, 0.15) is 5.75 Å². The molecule has 118 valence electrons. The number of hydrogen-bond donors (Lipinski definition) is 2. The van der Waals surface area contributed by atoms with Crippen LogP contribution in [0, 0.1) is 0 Å². The second kappa shape index (κ2) is 8.20. The van der Waals surface area contributed by atoms with Crippen LogP contribution in [-0.2, 0) is 9.53 Å². The fourth-order valence-electron chi connectivity index (χ4n) is 1.37. The molecule has 0 heterocycles. The average Bonchev–Trinajstić information content (AvgIpc) is 2.37. The second-order valence-electron chi connectivity index (χ2n) is 3.91. The van der Waals surface area contributed by atoms with Crippen molar-refractivity contribution in [3.63, 3.8) is 0 Å². The zero-order valence-electron chi connectivity index (χ0n) is 11.1. The zero-order chi connectivity index (χ0) is 15.9. The third kappa shape index (κ3) is 7.30. The van der Waals surface area contributed by atoms with Crippen molar-refractivity contribution in [1.29, 1.82) is 0 Å². The van der Waals surface area contributed by atoms with Gasteiger partial charge in [-0.2, -0.15) is 0 Å². The lowest BCUT2D eigenvalue weighted by atomic mass is 10.3. The van der Waals surface area contributed by atoms with Gasteiger partial charge in [0.15, 0.2) is 0 Å². The van der Waals surface area contributed by atoms with Crippen LogP contribution in [0.25, 0.3) is 0 Å². The van der Waals surface area contributed by atoms with Gasteiger partial charge in [-0.3, -0.25) is 4.79 Å². The Morgan fingerprint density at radius 3 is 2.67 bits per heavy atom. The minimum absolute atomic E-state index is 0.0712. The number of benzene rings is 1. The van der Waals surface area contributed by atoms with Gasteiger partial charge in [-0.25, -0.2) is 0 Å². The maximum Gasteiger partial charge on any atom is 0.573 e. The van der Waals surface area contributed by atoms with E-state index < -0.39 is 6.36 Å². The summed E-state index contributed by atoms with van der Waals surface area (Å²) >= 11 is 2.95. The number of amides is 1. The van der Waals surface area contributed by atoms with Crippen LogP contribution in [0.15, 0.2) is 22.7 Å². The fourth-order valence-corrected chi connectivity index (χ4v) is 1.83. The highest BCUT2D eigenvalue weighted by atomic mass is 79.9. The monoisotopic (exact) mass is 370 g/mol. The molecular formula is C12H14BrF3N2O3. The van der Waals surface area contributed by atoms with Crippen molar-refractivity contribution in [1.82, 2.24) is 5.32 Å². The first-order valence-electron chi connectivity index (χ1n) is 5.86. The van der Waals surface area contributed by atoms with E-state index in [-0.39, 0.29) is 22.7 Å². The summed E-state index contributed by atoms with van der Waals surface area (Å²) in [7, 11) is 1.55.